The van der Waals surface area contributed by atoms with Crippen LogP contribution in [-0.2, 0) is 7.05 Å². The lowest BCUT2D eigenvalue weighted by Gasteiger charge is -2.04. The Hall–Kier alpha value is -1.82. The highest BCUT2D eigenvalue weighted by molar-refractivity contribution is 9.10. The number of hydrogen-bond acceptors (Lipinski definition) is 3. The number of rotatable bonds is 2. The van der Waals surface area contributed by atoms with Crippen LogP contribution < -0.4 is 10.1 Å². The van der Waals surface area contributed by atoms with E-state index in [2.05, 4.69) is 26.3 Å². The molecular formula is C11H10BrN3O2. The predicted octanol–water partition coefficient (Wildman–Crippen LogP) is 2.79. The molecule has 0 aliphatic carbocycles. The van der Waals surface area contributed by atoms with E-state index in [1.54, 1.807) is 42.2 Å². The highest BCUT2D eigenvalue weighted by atomic mass is 79.9. The van der Waals surface area contributed by atoms with Gasteiger partial charge in [-0.3, -0.25) is 10.00 Å². The van der Waals surface area contributed by atoms with Crippen molar-refractivity contribution >= 4 is 27.8 Å². The number of nitrogens with zero attached hydrogens (tertiary/aromatic N) is 2. The normalized spacial score (nSPS) is 10.0. The van der Waals surface area contributed by atoms with Gasteiger partial charge >= 0.3 is 6.09 Å². The summed E-state index contributed by atoms with van der Waals surface area (Å²) in [7, 11) is 1.76. The number of hydrogen-bond donors (Lipinski definition) is 1. The highest BCUT2D eigenvalue weighted by Gasteiger charge is 2.10. The van der Waals surface area contributed by atoms with Gasteiger partial charge < -0.3 is 4.74 Å². The zero-order chi connectivity index (χ0) is 12.3. The average molecular weight is 296 g/mol. The van der Waals surface area contributed by atoms with Gasteiger partial charge in [0, 0.05) is 13.2 Å². The first kappa shape index (κ1) is 11.7. The molecule has 1 amide bonds. The second-order valence-electron chi connectivity index (χ2n) is 3.33. The molecule has 2 aromatic rings. The number of carbonyl (C=O) groups excluding carboxylic acids is 1. The summed E-state index contributed by atoms with van der Waals surface area (Å²) in [4.78, 5) is 11.5. The molecule has 0 spiro atoms. The molecule has 0 fully saturated rings. The SMILES string of the molecule is Cn1cc(Br)c(NC(=O)Oc2ccccc2)n1. The molecule has 0 bridgehead atoms. The standard InChI is InChI=1S/C11H10BrN3O2/c1-15-7-9(12)10(14-15)13-11(16)17-8-5-3-2-4-6-8/h2-7H,1H3,(H,13,14,16). The van der Waals surface area contributed by atoms with Gasteiger partial charge in [0.05, 0.1) is 4.47 Å². The molecule has 0 saturated carbocycles. The minimum Gasteiger partial charge on any atom is -0.410 e. The molecule has 1 aromatic heterocycles. The quantitative estimate of drug-likeness (QED) is 0.927. The Balaban J connectivity index is 2.01. The first-order chi connectivity index (χ1) is 8.15. The van der Waals surface area contributed by atoms with Crippen molar-refractivity contribution in [1.29, 1.82) is 0 Å². The summed E-state index contributed by atoms with van der Waals surface area (Å²) in [5, 5.41) is 6.59. The molecule has 0 atom stereocenters. The van der Waals surface area contributed by atoms with Crippen molar-refractivity contribution in [2.24, 2.45) is 7.05 Å². The van der Waals surface area contributed by atoms with E-state index < -0.39 is 6.09 Å². The monoisotopic (exact) mass is 295 g/mol. The van der Waals surface area contributed by atoms with Crippen LogP contribution in [0.1, 0.15) is 0 Å². The van der Waals surface area contributed by atoms with E-state index in [1.807, 2.05) is 6.07 Å². The molecule has 6 heteroatoms. The van der Waals surface area contributed by atoms with E-state index in [4.69, 9.17) is 4.74 Å². The van der Waals surface area contributed by atoms with Gasteiger partial charge in [-0.25, -0.2) is 4.79 Å². The Labute approximate surface area is 107 Å². The maximum atomic E-state index is 11.5. The van der Waals surface area contributed by atoms with Crippen molar-refractivity contribution < 1.29 is 9.53 Å². The predicted molar refractivity (Wildman–Crippen MR) is 67.0 cm³/mol. The number of carbonyl (C=O) groups is 1. The van der Waals surface area contributed by atoms with Gasteiger partial charge in [0.25, 0.3) is 0 Å². The van der Waals surface area contributed by atoms with Gasteiger partial charge in [0.1, 0.15) is 5.75 Å². The van der Waals surface area contributed by atoms with Crippen LogP contribution in [0.15, 0.2) is 41.0 Å². The third kappa shape index (κ3) is 3.07. The molecule has 88 valence electrons. The molecule has 5 nitrogen and oxygen atoms in total. The lowest BCUT2D eigenvalue weighted by molar-refractivity contribution is 0.215. The average Bonchev–Trinajstić information content (AvgIpc) is 2.58. The topological polar surface area (TPSA) is 56.2 Å². The van der Waals surface area contributed by atoms with E-state index in [9.17, 15) is 4.79 Å². The Kier molecular flexibility index (Phi) is 3.43. The number of benzene rings is 1. The number of amides is 1. The molecule has 1 aromatic carbocycles. The van der Waals surface area contributed by atoms with Crippen molar-refractivity contribution in [2.45, 2.75) is 0 Å². The molecule has 1 N–H and O–H groups in total. The maximum absolute atomic E-state index is 11.5. The van der Waals surface area contributed by atoms with Crippen LogP contribution >= 0.6 is 15.9 Å². The molecule has 0 radical (unpaired) electrons. The van der Waals surface area contributed by atoms with Gasteiger partial charge in [-0.1, -0.05) is 18.2 Å². The van der Waals surface area contributed by atoms with E-state index in [0.29, 0.717) is 16.0 Å². The Bertz CT molecular complexity index is 525. The highest BCUT2D eigenvalue weighted by Crippen LogP contribution is 2.19. The second kappa shape index (κ2) is 5.01. The summed E-state index contributed by atoms with van der Waals surface area (Å²) in [5.74, 6) is 0.908. The fraction of sp³-hybridized carbons (Fsp3) is 0.0909. The number of halogens is 1. The van der Waals surface area contributed by atoms with Crippen LogP contribution in [0.3, 0.4) is 0 Å². The van der Waals surface area contributed by atoms with Crippen LogP contribution in [0.5, 0.6) is 5.75 Å². The summed E-state index contributed by atoms with van der Waals surface area (Å²) in [5.41, 5.74) is 0. The molecule has 0 aliphatic rings. The van der Waals surface area contributed by atoms with Gasteiger partial charge in [0.2, 0.25) is 0 Å². The van der Waals surface area contributed by atoms with E-state index in [0.717, 1.165) is 0 Å². The van der Waals surface area contributed by atoms with Gasteiger partial charge in [0.15, 0.2) is 5.82 Å². The minimum atomic E-state index is -0.574. The summed E-state index contributed by atoms with van der Waals surface area (Å²) in [6, 6.07) is 8.83. The molecule has 2 rings (SSSR count). The van der Waals surface area contributed by atoms with Crippen molar-refractivity contribution in [2.75, 3.05) is 5.32 Å². The number of ether oxygens (including phenoxy) is 1. The van der Waals surface area contributed by atoms with Crippen molar-refractivity contribution in [3.63, 3.8) is 0 Å². The lowest BCUT2D eigenvalue weighted by atomic mass is 10.3. The first-order valence-electron chi connectivity index (χ1n) is 4.88. The first-order valence-corrected chi connectivity index (χ1v) is 5.67. The number of nitrogens with one attached hydrogen (secondary N) is 1. The Morgan fingerprint density at radius 3 is 2.71 bits per heavy atom. The summed E-state index contributed by atoms with van der Waals surface area (Å²) in [6.45, 7) is 0. The van der Waals surface area contributed by atoms with Gasteiger partial charge in [-0.2, -0.15) is 5.10 Å². The van der Waals surface area contributed by atoms with Crippen molar-refractivity contribution in [1.82, 2.24) is 9.78 Å². The van der Waals surface area contributed by atoms with E-state index in [1.165, 1.54) is 0 Å². The molecule has 17 heavy (non-hydrogen) atoms. The number of aryl methyl sites for hydroxylation is 1. The Morgan fingerprint density at radius 2 is 2.12 bits per heavy atom. The summed E-state index contributed by atoms with van der Waals surface area (Å²) in [6.07, 6.45) is 1.16. The fourth-order valence-electron chi connectivity index (χ4n) is 1.26. The molecule has 1 heterocycles. The molecule has 0 aliphatic heterocycles. The van der Waals surface area contributed by atoms with Crippen LogP contribution in [0, 0.1) is 0 Å². The zero-order valence-electron chi connectivity index (χ0n) is 9.05. The molecule has 0 saturated heterocycles. The second-order valence-corrected chi connectivity index (χ2v) is 4.18. The van der Waals surface area contributed by atoms with Crippen LogP contribution in [-0.4, -0.2) is 15.9 Å². The number of para-hydroxylation sites is 1. The van der Waals surface area contributed by atoms with Crippen LogP contribution in [0.2, 0.25) is 0 Å². The molecular weight excluding hydrogens is 286 g/mol. The summed E-state index contributed by atoms with van der Waals surface area (Å²) < 4.78 is 7.35. The third-order valence-corrected chi connectivity index (χ3v) is 2.54. The molecule has 0 unspecified atom stereocenters. The Morgan fingerprint density at radius 1 is 1.41 bits per heavy atom. The van der Waals surface area contributed by atoms with E-state index in [-0.39, 0.29) is 0 Å². The maximum Gasteiger partial charge on any atom is 0.418 e. The minimum absolute atomic E-state index is 0.424. The van der Waals surface area contributed by atoms with Crippen molar-refractivity contribution in [3.05, 3.63) is 41.0 Å². The number of anilines is 1. The van der Waals surface area contributed by atoms with E-state index >= 15 is 0 Å². The van der Waals surface area contributed by atoms with Gasteiger partial charge in [-0.05, 0) is 28.1 Å². The third-order valence-electron chi connectivity index (χ3n) is 1.96. The lowest BCUT2D eigenvalue weighted by Crippen LogP contribution is -2.17. The number of aromatic nitrogens is 2. The van der Waals surface area contributed by atoms with Crippen molar-refractivity contribution in [3.8, 4) is 5.75 Å². The van der Waals surface area contributed by atoms with Crippen LogP contribution in [0.4, 0.5) is 10.6 Å². The van der Waals surface area contributed by atoms with Crippen LogP contribution in [0.25, 0.3) is 0 Å². The van der Waals surface area contributed by atoms with Gasteiger partial charge in [-0.15, -0.1) is 0 Å². The smallest absolute Gasteiger partial charge is 0.410 e. The zero-order valence-corrected chi connectivity index (χ0v) is 10.6. The summed E-state index contributed by atoms with van der Waals surface area (Å²) >= 11 is 3.28. The largest absolute Gasteiger partial charge is 0.418 e. The fourth-order valence-corrected chi connectivity index (χ4v) is 1.74.